The van der Waals surface area contributed by atoms with Gasteiger partial charge in [-0.15, -0.1) is 6.58 Å². The molecule has 8 nitrogen and oxygen atoms in total. The summed E-state index contributed by atoms with van der Waals surface area (Å²) in [6.45, 7) is 10.9. The molecule has 0 bridgehead atoms. The Labute approximate surface area is 209 Å². The molecule has 1 aromatic rings. The first-order valence-electron chi connectivity index (χ1n) is 12.5. The summed E-state index contributed by atoms with van der Waals surface area (Å²) in [5.41, 5.74) is 7.04. The van der Waals surface area contributed by atoms with E-state index in [1.54, 1.807) is 18.0 Å². The van der Waals surface area contributed by atoms with Crippen molar-refractivity contribution in [3.63, 3.8) is 0 Å². The molecule has 0 aromatic heterocycles. The number of para-hydroxylation sites is 1. The maximum Gasteiger partial charge on any atom is 0.272 e. The fourth-order valence-corrected chi connectivity index (χ4v) is 4.48. The number of likely N-dealkylation sites (N-methyl/N-ethyl adjacent to an activating group) is 1. The number of amidine groups is 1. The van der Waals surface area contributed by atoms with E-state index >= 15 is 0 Å². The second kappa shape index (κ2) is 13.7. The number of nitrogens with one attached hydrogen (secondary N) is 1. The highest BCUT2D eigenvalue weighted by molar-refractivity contribution is 6.12. The van der Waals surface area contributed by atoms with Gasteiger partial charge in [0, 0.05) is 38.0 Å². The fourth-order valence-electron chi connectivity index (χ4n) is 4.48. The highest BCUT2D eigenvalue weighted by Crippen LogP contribution is 2.27. The second-order valence-corrected chi connectivity index (χ2v) is 9.58. The van der Waals surface area contributed by atoms with Gasteiger partial charge in [0.2, 0.25) is 18.0 Å². The van der Waals surface area contributed by atoms with Gasteiger partial charge in [-0.2, -0.15) is 0 Å². The van der Waals surface area contributed by atoms with Gasteiger partial charge in [-0.3, -0.25) is 14.4 Å². The van der Waals surface area contributed by atoms with Gasteiger partial charge >= 0.3 is 0 Å². The van der Waals surface area contributed by atoms with Crippen LogP contribution in [0.25, 0.3) is 0 Å². The number of carbonyl (C=O) groups is 3. The molecule has 0 spiro atoms. The normalized spacial score (nSPS) is 18.8. The van der Waals surface area contributed by atoms with Gasteiger partial charge in [-0.05, 0) is 44.2 Å². The van der Waals surface area contributed by atoms with Crippen LogP contribution in [0.1, 0.15) is 64.9 Å². The average Bonchev–Trinajstić information content (AvgIpc) is 3.13. The number of amides is 3. The van der Waals surface area contributed by atoms with Crippen LogP contribution in [0.3, 0.4) is 0 Å². The number of carbonyl (C=O) groups excluding carboxylic acids is 3. The predicted octanol–water partition coefficient (Wildman–Crippen LogP) is 3.46. The summed E-state index contributed by atoms with van der Waals surface area (Å²) in [7, 11) is 1.70. The number of aliphatic imine (C=N–C) groups is 1. The van der Waals surface area contributed by atoms with Crippen molar-refractivity contribution in [1.29, 1.82) is 0 Å². The van der Waals surface area contributed by atoms with E-state index in [-0.39, 0.29) is 24.2 Å². The van der Waals surface area contributed by atoms with Gasteiger partial charge in [0.15, 0.2) is 0 Å². The lowest BCUT2D eigenvalue weighted by atomic mass is 9.93. The molecule has 35 heavy (non-hydrogen) atoms. The predicted molar refractivity (Wildman–Crippen MR) is 141 cm³/mol. The summed E-state index contributed by atoms with van der Waals surface area (Å²) in [5.74, 6) is -0.852. The van der Waals surface area contributed by atoms with Crippen molar-refractivity contribution in [1.82, 2.24) is 10.2 Å². The molecule has 1 aromatic carbocycles. The van der Waals surface area contributed by atoms with E-state index in [0.29, 0.717) is 6.42 Å². The molecular weight excluding hydrogens is 442 g/mol. The Kier molecular flexibility index (Phi) is 11.0. The van der Waals surface area contributed by atoms with Gasteiger partial charge in [0.05, 0.1) is 5.69 Å². The molecule has 2 aliphatic heterocycles. The quantitative estimate of drug-likeness (QED) is 0.604. The summed E-state index contributed by atoms with van der Waals surface area (Å²) in [6, 6.07) is 7.71. The van der Waals surface area contributed by atoms with Crippen LogP contribution in [-0.4, -0.2) is 54.8 Å². The summed E-state index contributed by atoms with van der Waals surface area (Å²) < 4.78 is 0. The Bertz CT molecular complexity index is 919. The van der Waals surface area contributed by atoms with E-state index in [2.05, 4.69) is 16.8 Å². The van der Waals surface area contributed by atoms with E-state index in [9.17, 15) is 14.4 Å². The molecule has 192 valence electrons. The van der Waals surface area contributed by atoms with Gasteiger partial charge in [-0.1, -0.05) is 44.9 Å². The number of fused-ring (bicyclic) bond motifs is 1. The summed E-state index contributed by atoms with van der Waals surface area (Å²) in [6.07, 6.45) is 5.63. The lowest BCUT2D eigenvalue weighted by Gasteiger charge is -2.26. The van der Waals surface area contributed by atoms with Crippen LogP contribution in [-0.2, 0) is 14.4 Å². The molecule has 3 rings (SSSR count). The van der Waals surface area contributed by atoms with Crippen molar-refractivity contribution in [3.8, 4) is 0 Å². The third kappa shape index (κ3) is 7.94. The molecule has 2 atom stereocenters. The minimum absolute atomic E-state index is 0.0519. The van der Waals surface area contributed by atoms with E-state index in [1.807, 2.05) is 45.0 Å². The first kappa shape index (κ1) is 28.1. The molecule has 3 N–H and O–H groups in total. The summed E-state index contributed by atoms with van der Waals surface area (Å²) in [5, 5.41) is 2.82. The maximum absolute atomic E-state index is 13.3. The molecule has 1 fully saturated rings. The molecule has 2 aliphatic rings. The highest BCUT2D eigenvalue weighted by Gasteiger charge is 2.34. The van der Waals surface area contributed by atoms with Gasteiger partial charge < -0.3 is 20.9 Å². The number of benzodiazepines with no additional fused rings is 1. The number of likely N-dealkylation sites (tertiary alicyclic amines) is 1. The largest absolute Gasteiger partial charge is 0.370 e. The monoisotopic (exact) mass is 483 g/mol. The molecule has 0 radical (unpaired) electrons. The molecule has 2 unspecified atom stereocenters. The topological polar surface area (TPSA) is 108 Å². The first-order chi connectivity index (χ1) is 16.7. The molecule has 3 amide bonds. The Morgan fingerprint density at radius 1 is 1.20 bits per heavy atom. The summed E-state index contributed by atoms with van der Waals surface area (Å²) >= 11 is 0. The smallest absolute Gasteiger partial charge is 0.272 e. The van der Waals surface area contributed by atoms with Crippen LogP contribution in [0.15, 0.2) is 41.9 Å². The first-order valence-corrected chi connectivity index (χ1v) is 12.5. The lowest BCUT2D eigenvalue weighted by molar-refractivity contribution is -0.132. The number of allylic oxidation sites excluding steroid dienone is 1. The molecule has 1 saturated heterocycles. The third-order valence-corrected chi connectivity index (χ3v) is 6.08. The Morgan fingerprint density at radius 3 is 2.37 bits per heavy atom. The van der Waals surface area contributed by atoms with Crippen molar-refractivity contribution >= 4 is 29.2 Å². The zero-order chi connectivity index (χ0) is 26.0. The van der Waals surface area contributed by atoms with Gasteiger partial charge in [0.25, 0.3) is 5.91 Å². The van der Waals surface area contributed by atoms with E-state index in [4.69, 9.17) is 10.7 Å². The third-order valence-electron chi connectivity index (χ3n) is 6.08. The van der Waals surface area contributed by atoms with E-state index in [1.165, 1.54) is 12.8 Å². The number of rotatable bonds is 6. The van der Waals surface area contributed by atoms with Crippen molar-refractivity contribution in [2.45, 2.75) is 65.5 Å². The van der Waals surface area contributed by atoms with Crippen LogP contribution in [0, 0.1) is 11.8 Å². The van der Waals surface area contributed by atoms with E-state index in [0.717, 1.165) is 43.0 Å². The molecule has 0 aliphatic carbocycles. The number of nitrogens with two attached hydrogens (primary N) is 1. The number of hydrogen-bond donors (Lipinski definition) is 2. The minimum Gasteiger partial charge on any atom is -0.370 e. The van der Waals surface area contributed by atoms with Gasteiger partial charge in [-0.25, -0.2) is 4.99 Å². The Balaban J connectivity index is 0.00000137. The lowest BCUT2D eigenvalue weighted by Crippen LogP contribution is -2.48. The van der Waals surface area contributed by atoms with Crippen LogP contribution < -0.4 is 16.0 Å². The summed E-state index contributed by atoms with van der Waals surface area (Å²) in [4.78, 5) is 46.5. The van der Waals surface area contributed by atoms with Crippen LogP contribution in [0.4, 0.5) is 5.69 Å². The van der Waals surface area contributed by atoms with Crippen LogP contribution >= 0.6 is 0 Å². The Morgan fingerprint density at radius 2 is 1.80 bits per heavy atom. The SMILES string of the molecule is C=CC.CC(C)CC(CC(N)=O)C(=O)NC1N=C(N2CCCCCC2)c2ccccc2N(C)C1=O. The van der Waals surface area contributed by atoms with Crippen molar-refractivity contribution in [3.05, 3.63) is 42.5 Å². The minimum atomic E-state index is -1.05. The molecular formula is C27H41N5O3. The number of anilines is 1. The highest BCUT2D eigenvalue weighted by atomic mass is 16.2. The number of primary amides is 1. The van der Waals surface area contributed by atoms with Crippen molar-refractivity contribution < 1.29 is 14.4 Å². The van der Waals surface area contributed by atoms with E-state index < -0.39 is 18.0 Å². The van der Waals surface area contributed by atoms with Crippen molar-refractivity contribution in [2.24, 2.45) is 22.6 Å². The standard InChI is InChI=1S/C24H35N5O3.C3H6/c1-16(2)14-17(15-20(25)30)23(31)27-21-24(32)28(3)19-11-7-6-10-18(19)22(26-21)29-12-8-4-5-9-13-29;1-3-2/h6-7,10-11,16-17,21H,4-5,8-9,12-15H2,1-3H3,(H2,25,30)(H,27,31);3H,1H2,2H3. The zero-order valence-corrected chi connectivity index (χ0v) is 21.6. The van der Waals surface area contributed by atoms with Crippen LogP contribution in [0.5, 0.6) is 0 Å². The van der Waals surface area contributed by atoms with Gasteiger partial charge in [0.1, 0.15) is 5.84 Å². The average molecular weight is 484 g/mol. The second-order valence-electron chi connectivity index (χ2n) is 9.58. The molecule has 0 saturated carbocycles. The zero-order valence-electron chi connectivity index (χ0n) is 21.6. The van der Waals surface area contributed by atoms with Crippen molar-refractivity contribution in [2.75, 3.05) is 25.0 Å². The number of benzene rings is 1. The molecule has 2 heterocycles. The number of hydrogen-bond acceptors (Lipinski definition) is 5. The van der Waals surface area contributed by atoms with Crippen LogP contribution in [0.2, 0.25) is 0 Å². The molecule has 8 heteroatoms. The maximum atomic E-state index is 13.3. The number of nitrogens with zero attached hydrogens (tertiary/aromatic N) is 3. The Hall–Kier alpha value is -3.16. The fraction of sp³-hybridized carbons (Fsp3) is 0.556.